The Morgan fingerprint density at radius 1 is 0.947 bits per heavy atom. The second kappa shape index (κ2) is 12.8. The minimum atomic E-state index is -3.84. The highest BCUT2D eigenvalue weighted by Gasteiger charge is 2.18. The molecule has 0 spiro atoms. The molecule has 2 aromatic heterocycles. The number of aromatic nitrogens is 3. The zero-order chi connectivity index (χ0) is 27.0. The van der Waals surface area contributed by atoms with Crippen LogP contribution < -0.4 is 14.6 Å². The standard InChI is InChI=1S/C26H25N5O4S3/c1-19-28-29-26(36-19)30-38(34,35)21-14-12-20(13-15-21)27-25(33)22-9-3-4-10-23(22)37-24(32)11-5-8-18-31-16-6-2-7-17-31/h2-4,6-7,9-10,12-17H,5,8,11,18H2,1H3,(H-,27,29,30,33)/p+1. The predicted molar refractivity (Wildman–Crippen MR) is 148 cm³/mol. The van der Waals surface area contributed by atoms with Crippen LogP contribution in [0.3, 0.4) is 0 Å². The van der Waals surface area contributed by atoms with Crippen LogP contribution in [0.25, 0.3) is 0 Å². The van der Waals surface area contributed by atoms with Crippen molar-refractivity contribution in [2.45, 2.75) is 42.5 Å². The number of amides is 1. The van der Waals surface area contributed by atoms with Gasteiger partial charge in [0.2, 0.25) is 5.13 Å². The molecule has 38 heavy (non-hydrogen) atoms. The van der Waals surface area contributed by atoms with E-state index in [0.717, 1.165) is 42.5 Å². The monoisotopic (exact) mass is 568 g/mol. The third-order valence-corrected chi connectivity index (χ3v) is 8.60. The van der Waals surface area contributed by atoms with E-state index in [1.54, 1.807) is 31.2 Å². The number of hydrogen-bond donors (Lipinski definition) is 2. The number of carbonyl (C=O) groups excluding carboxylic acids is 2. The quantitative estimate of drug-likeness (QED) is 0.153. The fourth-order valence-electron chi connectivity index (χ4n) is 3.49. The van der Waals surface area contributed by atoms with Gasteiger partial charge in [-0.1, -0.05) is 41.3 Å². The lowest BCUT2D eigenvalue weighted by molar-refractivity contribution is -0.697. The van der Waals surface area contributed by atoms with Crippen molar-refractivity contribution in [3.05, 3.63) is 89.7 Å². The van der Waals surface area contributed by atoms with Crippen LogP contribution in [0, 0.1) is 6.92 Å². The lowest BCUT2D eigenvalue weighted by atomic mass is 10.2. The Bertz CT molecular complexity index is 1510. The molecule has 0 bridgehead atoms. The van der Waals surface area contributed by atoms with Crippen molar-refractivity contribution < 1.29 is 22.6 Å². The summed E-state index contributed by atoms with van der Waals surface area (Å²) in [5, 5.41) is 11.2. The minimum Gasteiger partial charge on any atom is -0.322 e. The maximum absolute atomic E-state index is 13.0. The summed E-state index contributed by atoms with van der Waals surface area (Å²) in [6.07, 6.45) is 6.04. The minimum absolute atomic E-state index is 0.00371. The van der Waals surface area contributed by atoms with Crippen LogP contribution >= 0.6 is 23.1 Å². The van der Waals surface area contributed by atoms with Gasteiger partial charge in [-0.2, -0.15) is 0 Å². The molecular formula is C26H26N5O4S3+. The lowest BCUT2D eigenvalue weighted by Gasteiger charge is -2.10. The Morgan fingerprint density at radius 2 is 1.68 bits per heavy atom. The van der Waals surface area contributed by atoms with E-state index >= 15 is 0 Å². The first-order valence-electron chi connectivity index (χ1n) is 11.8. The Balaban J connectivity index is 1.33. The molecule has 2 aromatic carbocycles. The summed E-state index contributed by atoms with van der Waals surface area (Å²) in [6.45, 7) is 2.57. The van der Waals surface area contributed by atoms with Crippen molar-refractivity contribution in [2.24, 2.45) is 0 Å². The van der Waals surface area contributed by atoms with E-state index in [4.69, 9.17) is 0 Å². The number of thioether (sulfide) groups is 1. The van der Waals surface area contributed by atoms with Gasteiger partial charge in [0.25, 0.3) is 15.9 Å². The van der Waals surface area contributed by atoms with E-state index < -0.39 is 10.0 Å². The maximum atomic E-state index is 13.0. The number of unbranched alkanes of at least 4 members (excludes halogenated alkanes) is 1. The lowest BCUT2D eigenvalue weighted by Crippen LogP contribution is -2.32. The fourth-order valence-corrected chi connectivity index (χ4v) is 6.22. The van der Waals surface area contributed by atoms with Gasteiger partial charge in [0.1, 0.15) is 11.6 Å². The molecule has 0 aliphatic carbocycles. The Kier molecular flexibility index (Phi) is 9.21. The molecular weight excluding hydrogens is 543 g/mol. The molecule has 0 unspecified atom stereocenters. The van der Waals surface area contributed by atoms with Crippen LogP contribution in [-0.2, 0) is 21.4 Å². The number of rotatable bonds is 11. The van der Waals surface area contributed by atoms with E-state index in [0.29, 0.717) is 27.6 Å². The molecule has 196 valence electrons. The van der Waals surface area contributed by atoms with E-state index in [2.05, 4.69) is 24.8 Å². The largest absolute Gasteiger partial charge is 0.322 e. The summed E-state index contributed by atoms with van der Waals surface area (Å²) < 4.78 is 29.6. The van der Waals surface area contributed by atoms with Crippen LogP contribution in [0.2, 0.25) is 0 Å². The topological polar surface area (TPSA) is 122 Å². The smallest absolute Gasteiger partial charge is 0.263 e. The molecule has 0 aliphatic rings. The highest BCUT2D eigenvalue weighted by Crippen LogP contribution is 2.26. The van der Waals surface area contributed by atoms with Crippen molar-refractivity contribution >= 4 is 55.0 Å². The number of aryl methyl sites for hydroxylation is 2. The molecule has 4 aromatic rings. The molecule has 0 radical (unpaired) electrons. The van der Waals surface area contributed by atoms with Gasteiger partial charge >= 0.3 is 0 Å². The van der Waals surface area contributed by atoms with Gasteiger partial charge in [0, 0.05) is 35.6 Å². The molecule has 2 heterocycles. The first-order chi connectivity index (χ1) is 18.3. The molecule has 0 saturated carbocycles. The normalized spacial score (nSPS) is 11.2. The first kappa shape index (κ1) is 27.4. The summed E-state index contributed by atoms with van der Waals surface area (Å²) >= 11 is 2.19. The molecule has 0 fully saturated rings. The van der Waals surface area contributed by atoms with Gasteiger partial charge in [-0.25, -0.2) is 13.0 Å². The SMILES string of the molecule is Cc1nnc(NS(=O)(=O)c2ccc(NC(=O)c3ccccc3SC(=O)CCCC[n+]3ccccc3)cc2)s1. The predicted octanol–water partition coefficient (Wildman–Crippen LogP) is 4.68. The number of sulfonamides is 1. The van der Waals surface area contributed by atoms with E-state index in [9.17, 15) is 18.0 Å². The summed E-state index contributed by atoms with van der Waals surface area (Å²) in [5.41, 5.74) is 0.793. The highest BCUT2D eigenvalue weighted by molar-refractivity contribution is 8.13. The molecule has 0 saturated heterocycles. The molecule has 0 aliphatic heterocycles. The molecule has 4 rings (SSSR count). The van der Waals surface area contributed by atoms with Gasteiger partial charge < -0.3 is 5.32 Å². The van der Waals surface area contributed by atoms with Crippen LogP contribution in [0.5, 0.6) is 0 Å². The van der Waals surface area contributed by atoms with Crippen molar-refractivity contribution in [2.75, 3.05) is 10.0 Å². The summed E-state index contributed by atoms with van der Waals surface area (Å²) in [6, 6.07) is 18.6. The first-order valence-corrected chi connectivity index (χ1v) is 14.9. The molecule has 1 amide bonds. The summed E-state index contributed by atoms with van der Waals surface area (Å²) in [5.74, 6) is -0.389. The molecule has 2 N–H and O–H groups in total. The number of pyridine rings is 1. The number of hydrogen-bond acceptors (Lipinski definition) is 8. The van der Waals surface area contributed by atoms with Gasteiger partial charge in [-0.05, 0) is 49.7 Å². The maximum Gasteiger partial charge on any atom is 0.263 e. The number of nitrogens with one attached hydrogen (secondary N) is 2. The third-order valence-electron chi connectivity index (χ3n) is 5.35. The van der Waals surface area contributed by atoms with Gasteiger partial charge in [-0.3, -0.25) is 14.3 Å². The second-order valence-corrected chi connectivity index (χ2v) is 12.2. The summed E-state index contributed by atoms with van der Waals surface area (Å²) in [4.78, 5) is 26.1. The second-order valence-electron chi connectivity index (χ2n) is 8.25. The Morgan fingerprint density at radius 3 is 2.39 bits per heavy atom. The zero-order valence-corrected chi connectivity index (χ0v) is 23.0. The van der Waals surface area contributed by atoms with E-state index in [-0.39, 0.29) is 21.0 Å². The molecule has 0 atom stereocenters. The van der Waals surface area contributed by atoms with Crippen molar-refractivity contribution in [1.82, 2.24) is 10.2 Å². The average molecular weight is 569 g/mol. The zero-order valence-electron chi connectivity index (χ0n) is 20.5. The van der Waals surface area contributed by atoms with Crippen molar-refractivity contribution in [3.8, 4) is 0 Å². The number of carbonyl (C=O) groups is 2. The Hall–Kier alpha value is -3.61. The Labute approximate surface area is 229 Å². The number of nitrogens with zero attached hydrogens (tertiary/aromatic N) is 3. The third kappa shape index (κ3) is 7.70. The number of benzene rings is 2. The average Bonchev–Trinajstić information content (AvgIpc) is 3.31. The van der Waals surface area contributed by atoms with E-state index in [1.165, 1.54) is 24.3 Å². The van der Waals surface area contributed by atoms with Crippen LogP contribution in [-0.4, -0.2) is 29.6 Å². The van der Waals surface area contributed by atoms with Gasteiger partial charge in [0.05, 0.1) is 10.5 Å². The van der Waals surface area contributed by atoms with E-state index in [1.807, 2.05) is 30.6 Å². The van der Waals surface area contributed by atoms with Crippen LogP contribution in [0.15, 0.2) is 88.9 Å². The van der Waals surface area contributed by atoms with Gasteiger partial charge in [0.15, 0.2) is 17.5 Å². The molecule has 9 nitrogen and oxygen atoms in total. The van der Waals surface area contributed by atoms with Crippen molar-refractivity contribution in [3.63, 3.8) is 0 Å². The van der Waals surface area contributed by atoms with Crippen LogP contribution in [0.1, 0.15) is 34.6 Å². The van der Waals surface area contributed by atoms with Gasteiger partial charge in [-0.15, -0.1) is 10.2 Å². The van der Waals surface area contributed by atoms with Crippen LogP contribution in [0.4, 0.5) is 10.8 Å². The highest BCUT2D eigenvalue weighted by atomic mass is 32.2. The fraction of sp³-hybridized carbons (Fsp3) is 0.192. The molecule has 12 heteroatoms. The number of anilines is 2. The summed E-state index contributed by atoms with van der Waals surface area (Å²) in [7, 11) is -3.84. The van der Waals surface area contributed by atoms with Crippen molar-refractivity contribution in [1.29, 1.82) is 0 Å².